The average Bonchev–Trinajstić information content (AvgIpc) is 3.28. The van der Waals surface area contributed by atoms with Gasteiger partial charge < -0.3 is 10.2 Å². The Balaban J connectivity index is 1.34. The second-order valence-electron chi connectivity index (χ2n) is 10.8. The van der Waals surface area contributed by atoms with E-state index in [1.165, 1.54) is 6.42 Å². The van der Waals surface area contributed by atoms with E-state index in [0.29, 0.717) is 41.6 Å². The lowest BCUT2D eigenvalue weighted by Gasteiger charge is -2.59. The van der Waals surface area contributed by atoms with Crippen molar-refractivity contribution in [3.05, 3.63) is 0 Å². The lowest BCUT2D eigenvalue weighted by atomic mass is 9.45. The summed E-state index contributed by atoms with van der Waals surface area (Å²) in [5.74, 6) is 2.70. The maximum absolute atomic E-state index is 15.2. The molecular formula is C23H35FN2O2. The maximum atomic E-state index is 15.2. The summed E-state index contributed by atoms with van der Waals surface area (Å²) in [5.41, 5.74) is 0.595. The van der Waals surface area contributed by atoms with Gasteiger partial charge in [-0.05, 0) is 80.6 Å². The molecule has 5 aliphatic rings. The Kier molecular flexibility index (Phi) is 4.61. The van der Waals surface area contributed by atoms with Crippen molar-refractivity contribution in [1.29, 1.82) is 0 Å². The van der Waals surface area contributed by atoms with Crippen molar-refractivity contribution in [3.63, 3.8) is 0 Å². The molecule has 1 aliphatic heterocycles. The molecule has 0 bridgehead atoms. The maximum Gasteiger partial charge on any atom is 0.142 e. The topological polar surface area (TPSA) is 50.7 Å². The predicted octanol–water partition coefficient (Wildman–Crippen LogP) is 4.28. The van der Waals surface area contributed by atoms with Crippen LogP contribution in [0.2, 0.25) is 0 Å². The highest BCUT2D eigenvalue weighted by Gasteiger charge is 2.61. The van der Waals surface area contributed by atoms with Gasteiger partial charge in [-0.3, -0.25) is 4.79 Å². The lowest BCUT2D eigenvalue weighted by molar-refractivity contribution is -0.138. The van der Waals surface area contributed by atoms with Crippen LogP contribution >= 0.6 is 0 Å². The van der Waals surface area contributed by atoms with E-state index in [1.54, 1.807) is 0 Å². The Bertz CT molecular complexity index is 676. The van der Waals surface area contributed by atoms with Gasteiger partial charge in [-0.25, -0.2) is 4.39 Å². The van der Waals surface area contributed by atoms with Gasteiger partial charge in [0.1, 0.15) is 18.1 Å². The summed E-state index contributed by atoms with van der Waals surface area (Å²) in [4.78, 5) is 18.2. The summed E-state index contributed by atoms with van der Waals surface area (Å²) in [6.07, 6.45) is 7.70. The van der Waals surface area contributed by atoms with E-state index in [-0.39, 0.29) is 16.9 Å². The van der Waals surface area contributed by atoms with Crippen LogP contribution < -0.4 is 5.32 Å². The number of alkyl halides is 1. The predicted molar refractivity (Wildman–Crippen MR) is 107 cm³/mol. The molecule has 4 saturated carbocycles. The quantitative estimate of drug-likeness (QED) is 0.716. The fraction of sp³-hybridized carbons (Fsp3) is 0.913. The van der Waals surface area contributed by atoms with Crippen molar-refractivity contribution in [2.45, 2.75) is 83.9 Å². The van der Waals surface area contributed by atoms with Gasteiger partial charge in [0.25, 0.3) is 0 Å². The first-order chi connectivity index (χ1) is 13.4. The van der Waals surface area contributed by atoms with Gasteiger partial charge in [0, 0.05) is 24.8 Å². The van der Waals surface area contributed by atoms with Crippen molar-refractivity contribution in [2.24, 2.45) is 39.7 Å². The number of halogens is 1. The third kappa shape index (κ3) is 2.79. The van der Waals surface area contributed by atoms with Crippen LogP contribution in [0.3, 0.4) is 0 Å². The monoisotopic (exact) mass is 390 g/mol. The van der Waals surface area contributed by atoms with Gasteiger partial charge in [0.15, 0.2) is 0 Å². The molecule has 1 N–H and O–H groups in total. The van der Waals surface area contributed by atoms with Gasteiger partial charge in [0.05, 0.1) is 5.71 Å². The largest absolute Gasteiger partial charge is 0.391 e. The van der Waals surface area contributed by atoms with E-state index in [1.807, 2.05) is 0 Å². The molecule has 4 aliphatic carbocycles. The lowest BCUT2D eigenvalue weighted by Crippen LogP contribution is -2.55. The SMILES string of the molecule is C[C@]12C[C@@H](F)/C(=N/O[C@@H]3CCNC3)CC1CC[C@@H]1[C@@H]2CC[C@]2(C)C(=O)CC[C@@H]12. The van der Waals surface area contributed by atoms with Crippen molar-refractivity contribution >= 4 is 11.5 Å². The molecule has 5 heteroatoms. The number of hydrogen-bond donors (Lipinski definition) is 1. The highest BCUT2D eigenvalue weighted by atomic mass is 19.1. The van der Waals surface area contributed by atoms with Gasteiger partial charge in [0.2, 0.25) is 0 Å². The molecule has 1 saturated heterocycles. The molecule has 5 fully saturated rings. The number of Topliss-reactive ketones (excluding diaryl/α,β-unsaturated/α-hetero) is 1. The van der Waals surface area contributed by atoms with Crippen LogP contribution in [0.4, 0.5) is 4.39 Å². The van der Waals surface area contributed by atoms with Crippen LogP contribution in [0.15, 0.2) is 5.16 Å². The third-order valence-corrected chi connectivity index (χ3v) is 9.54. The minimum Gasteiger partial charge on any atom is -0.391 e. The van der Waals surface area contributed by atoms with Crippen LogP contribution in [0.5, 0.6) is 0 Å². The zero-order valence-corrected chi connectivity index (χ0v) is 17.4. The minimum absolute atomic E-state index is 0.0449. The molecular weight excluding hydrogens is 355 g/mol. The number of hydrogen-bond acceptors (Lipinski definition) is 4. The van der Waals surface area contributed by atoms with Crippen LogP contribution in [-0.4, -0.2) is 36.9 Å². The number of fused-ring (bicyclic) bond motifs is 5. The summed E-state index contributed by atoms with van der Waals surface area (Å²) in [6.45, 7) is 6.34. The van der Waals surface area contributed by atoms with Crippen LogP contribution in [-0.2, 0) is 9.63 Å². The van der Waals surface area contributed by atoms with E-state index in [0.717, 1.165) is 58.0 Å². The molecule has 1 heterocycles. The normalized spacial score (nSPS) is 52.2. The summed E-state index contributed by atoms with van der Waals surface area (Å²) in [5, 5.41) is 7.57. The second-order valence-corrected chi connectivity index (χ2v) is 10.8. The standard InChI is InChI=1S/C23H35FN2O2/c1-22-9-7-18-16(17(22)5-6-21(22)27)4-3-14-11-20(19(24)12-23(14,18)2)26-28-15-8-10-25-13-15/h14-19,25H,3-13H2,1-2H3/b26-20+/t14?,15-,16+,17+,18+,19-,22+,23+/m1/s1. The van der Waals surface area contributed by atoms with Crippen molar-refractivity contribution in [2.75, 3.05) is 13.1 Å². The van der Waals surface area contributed by atoms with E-state index in [4.69, 9.17) is 4.84 Å². The van der Waals surface area contributed by atoms with Crippen molar-refractivity contribution < 1.29 is 14.0 Å². The Morgan fingerprint density at radius 2 is 2.00 bits per heavy atom. The fourth-order valence-electron chi connectivity index (χ4n) is 7.80. The molecule has 156 valence electrons. The summed E-state index contributed by atoms with van der Waals surface area (Å²) < 4.78 is 15.2. The number of oxime groups is 1. The smallest absolute Gasteiger partial charge is 0.142 e. The van der Waals surface area contributed by atoms with E-state index < -0.39 is 6.17 Å². The van der Waals surface area contributed by atoms with E-state index in [2.05, 4.69) is 24.3 Å². The second kappa shape index (κ2) is 6.78. The summed E-state index contributed by atoms with van der Waals surface area (Å²) in [6, 6.07) is 0. The molecule has 5 rings (SSSR count). The number of rotatable bonds is 2. The Morgan fingerprint density at radius 3 is 2.79 bits per heavy atom. The molecule has 4 nitrogen and oxygen atoms in total. The molecule has 0 aromatic carbocycles. The van der Waals surface area contributed by atoms with E-state index >= 15 is 4.39 Å². The fourth-order valence-corrected chi connectivity index (χ4v) is 7.80. The van der Waals surface area contributed by atoms with Crippen LogP contribution in [0.1, 0.15) is 71.6 Å². The molecule has 0 radical (unpaired) electrons. The first-order valence-corrected chi connectivity index (χ1v) is 11.5. The molecule has 8 atom stereocenters. The number of nitrogens with one attached hydrogen (secondary N) is 1. The number of ketones is 1. The Hall–Kier alpha value is -0.970. The summed E-state index contributed by atoms with van der Waals surface area (Å²) >= 11 is 0. The van der Waals surface area contributed by atoms with Crippen LogP contribution in [0, 0.1) is 34.5 Å². The molecule has 0 amide bonds. The van der Waals surface area contributed by atoms with Gasteiger partial charge in [-0.15, -0.1) is 0 Å². The first kappa shape index (κ1) is 19.0. The van der Waals surface area contributed by atoms with Gasteiger partial charge in [-0.1, -0.05) is 19.0 Å². The van der Waals surface area contributed by atoms with Crippen molar-refractivity contribution in [3.8, 4) is 0 Å². The van der Waals surface area contributed by atoms with Crippen LogP contribution in [0.25, 0.3) is 0 Å². The Labute approximate surface area is 168 Å². The molecule has 28 heavy (non-hydrogen) atoms. The van der Waals surface area contributed by atoms with Gasteiger partial charge in [-0.2, -0.15) is 0 Å². The first-order valence-electron chi connectivity index (χ1n) is 11.5. The number of carbonyl (C=O) groups excluding carboxylic acids is 1. The molecule has 0 aromatic heterocycles. The zero-order valence-electron chi connectivity index (χ0n) is 17.4. The summed E-state index contributed by atoms with van der Waals surface area (Å²) in [7, 11) is 0. The van der Waals surface area contributed by atoms with Gasteiger partial charge >= 0.3 is 0 Å². The van der Waals surface area contributed by atoms with E-state index in [9.17, 15) is 4.79 Å². The number of carbonyl (C=O) groups is 1. The average molecular weight is 391 g/mol. The zero-order chi connectivity index (χ0) is 19.5. The highest BCUT2D eigenvalue weighted by Crippen LogP contribution is 2.65. The molecule has 0 spiro atoms. The number of nitrogens with zero attached hydrogens (tertiary/aromatic N) is 1. The van der Waals surface area contributed by atoms with Crippen molar-refractivity contribution in [1.82, 2.24) is 5.32 Å². The minimum atomic E-state index is -0.979. The Morgan fingerprint density at radius 1 is 1.14 bits per heavy atom. The highest BCUT2D eigenvalue weighted by molar-refractivity contribution is 5.89. The third-order valence-electron chi connectivity index (χ3n) is 9.54. The molecule has 0 aromatic rings. The molecule has 1 unspecified atom stereocenters.